The standard InChI is InChI=1S/C10H9Br/c1-7-2-3-8-4-5-9(11)6-10(7)8/h4-6H,1-3H2. The Kier molecular flexibility index (Phi) is 1.61. The SMILES string of the molecule is C=C1CCc2ccc(Br)cc21. The maximum absolute atomic E-state index is 4.02. The molecule has 0 radical (unpaired) electrons. The van der Waals surface area contributed by atoms with Gasteiger partial charge in [0.05, 0.1) is 0 Å². The third-order valence-corrected chi connectivity index (χ3v) is 2.64. The minimum Gasteiger partial charge on any atom is -0.0952 e. The molecule has 0 spiro atoms. The number of fused-ring (bicyclic) bond motifs is 1. The van der Waals surface area contributed by atoms with Gasteiger partial charge in [-0.1, -0.05) is 28.6 Å². The van der Waals surface area contributed by atoms with Crippen molar-refractivity contribution in [2.75, 3.05) is 0 Å². The predicted molar refractivity (Wildman–Crippen MR) is 51.5 cm³/mol. The third-order valence-electron chi connectivity index (χ3n) is 2.15. The van der Waals surface area contributed by atoms with Crippen molar-refractivity contribution in [2.45, 2.75) is 12.8 Å². The van der Waals surface area contributed by atoms with Gasteiger partial charge in [0.1, 0.15) is 0 Å². The van der Waals surface area contributed by atoms with Crippen molar-refractivity contribution in [3.8, 4) is 0 Å². The van der Waals surface area contributed by atoms with Crippen molar-refractivity contribution in [3.63, 3.8) is 0 Å². The van der Waals surface area contributed by atoms with Gasteiger partial charge >= 0.3 is 0 Å². The number of aryl methyl sites for hydroxylation is 1. The number of allylic oxidation sites excluding steroid dienone is 1. The van der Waals surface area contributed by atoms with Crippen molar-refractivity contribution >= 4 is 21.5 Å². The molecule has 0 nitrogen and oxygen atoms in total. The predicted octanol–water partition coefficient (Wildman–Crippen LogP) is 3.41. The minimum atomic E-state index is 1.13. The van der Waals surface area contributed by atoms with Gasteiger partial charge in [-0.3, -0.25) is 0 Å². The lowest BCUT2D eigenvalue weighted by atomic mass is 10.1. The zero-order valence-corrected chi connectivity index (χ0v) is 7.82. The van der Waals surface area contributed by atoms with Gasteiger partial charge in [-0.05, 0) is 41.7 Å². The van der Waals surface area contributed by atoms with Crippen LogP contribution in [0.1, 0.15) is 17.5 Å². The lowest BCUT2D eigenvalue weighted by molar-refractivity contribution is 1.08. The van der Waals surface area contributed by atoms with Crippen LogP contribution in [0.4, 0.5) is 0 Å². The summed E-state index contributed by atoms with van der Waals surface area (Å²) in [5.41, 5.74) is 4.07. The first kappa shape index (κ1) is 7.11. The van der Waals surface area contributed by atoms with E-state index in [1.165, 1.54) is 23.1 Å². The fourth-order valence-corrected chi connectivity index (χ4v) is 1.88. The molecule has 0 heterocycles. The van der Waals surface area contributed by atoms with E-state index < -0.39 is 0 Å². The minimum absolute atomic E-state index is 1.13. The van der Waals surface area contributed by atoms with Crippen molar-refractivity contribution < 1.29 is 0 Å². The number of hydrogen-bond donors (Lipinski definition) is 0. The smallest absolute Gasteiger partial charge is 0.0181 e. The van der Waals surface area contributed by atoms with E-state index in [1.54, 1.807) is 0 Å². The van der Waals surface area contributed by atoms with E-state index >= 15 is 0 Å². The maximum Gasteiger partial charge on any atom is 0.0181 e. The van der Waals surface area contributed by atoms with Gasteiger partial charge < -0.3 is 0 Å². The first-order valence-electron chi connectivity index (χ1n) is 3.74. The van der Waals surface area contributed by atoms with Gasteiger partial charge in [-0.2, -0.15) is 0 Å². The normalized spacial score (nSPS) is 15.2. The molecule has 56 valence electrons. The highest BCUT2D eigenvalue weighted by Gasteiger charge is 2.13. The summed E-state index contributed by atoms with van der Waals surface area (Å²) in [6.07, 6.45) is 2.30. The Morgan fingerprint density at radius 1 is 1.27 bits per heavy atom. The van der Waals surface area contributed by atoms with Crippen LogP contribution in [-0.2, 0) is 6.42 Å². The summed E-state index contributed by atoms with van der Waals surface area (Å²) in [7, 11) is 0. The summed E-state index contributed by atoms with van der Waals surface area (Å²) in [4.78, 5) is 0. The van der Waals surface area contributed by atoms with Crippen LogP contribution in [0, 0.1) is 0 Å². The third kappa shape index (κ3) is 1.14. The molecule has 11 heavy (non-hydrogen) atoms. The molecule has 0 bridgehead atoms. The van der Waals surface area contributed by atoms with Crippen molar-refractivity contribution in [3.05, 3.63) is 40.4 Å². The highest BCUT2D eigenvalue weighted by molar-refractivity contribution is 9.10. The van der Waals surface area contributed by atoms with E-state index in [-0.39, 0.29) is 0 Å². The van der Waals surface area contributed by atoms with E-state index in [1.807, 2.05) is 0 Å². The van der Waals surface area contributed by atoms with Crippen LogP contribution in [0.2, 0.25) is 0 Å². The lowest BCUT2D eigenvalue weighted by Crippen LogP contribution is -1.78. The molecule has 1 aliphatic rings. The topological polar surface area (TPSA) is 0 Å². The van der Waals surface area contributed by atoms with Crippen LogP contribution in [0.15, 0.2) is 29.3 Å². The Labute approximate surface area is 75.1 Å². The Morgan fingerprint density at radius 3 is 2.91 bits per heavy atom. The van der Waals surface area contributed by atoms with Crippen molar-refractivity contribution in [1.82, 2.24) is 0 Å². The summed E-state index contributed by atoms with van der Waals surface area (Å²) in [6, 6.07) is 6.43. The Bertz CT molecular complexity index is 313. The Morgan fingerprint density at radius 2 is 2.09 bits per heavy atom. The zero-order chi connectivity index (χ0) is 7.84. The molecular weight excluding hydrogens is 200 g/mol. The first-order valence-corrected chi connectivity index (χ1v) is 4.53. The molecule has 1 aromatic carbocycles. The van der Waals surface area contributed by atoms with Gasteiger partial charge in [-0.15, -0.1) is 0 Å². The Balaban J connectivity index is 2.60. The number of halogens is 1. The molecule has 0 amide bonds. The van der Waals surface area contributed by atoms with Crippen LogP contribution < -0.4 is 0 Å². The van der Waals surface area contributed by atoms with Crippen molar-refractivity contribution in [1.29, 1.82) is 0 Å². The van der Waals surface area contributed by atoms with Gasteiger partial charge in [-0.25, -0.2) is 0 Å². The van der Waals surface area contributed by atoms with Gasteiger partial charge in [0.2, 0.25) is 0 Å². The average molecular weight is 209 g/mol. The van der Waals surface area contributed by atoms with Gasteiger partial charge in [0.15, 0.2) is 0 Å². The van der Waals surface area contributed by atoms with E-state index in [4.69, 9.17) is 0 Å². The van der Waals surface area contributed by atoms with Gasteiger partial charge in [0.25, 0.3) is 0 Å². The summed E-state index contributed by atoms with van der Waals surface area (Å²) < 4.78 is 1.15. The second-order valence-corrected chi connectivity index (χ2v) is 3.82. The molecular formula is C10H9Br. The van der Waals surface area contributed by atoms with Crippen molar-refractivity contribution in [2.24, 2.45) is 0 Å². The largest absolute Gasteiger partial charge is 0.0952 e. The molecule has 0 atom stereocenters. The molecule has 0 saturated heterocycles. The van der Waals surface area contributed by atoms with Crippen LogP contribution in [0.3, 0.4) is 0 Å². The molecule has 1 aliphatic carbocycles. The van der Waals surface area contributed by atoms with Crippen LogP contribution >= 0.6 is 15.9 Å². The molecule has 0 aromatic heterocycles. The van der Waals surface area contributed by atoms with Crippen LogP contribution in [0.5, 0.6) is 0 Å². The zero-order valence-electron chi connectivity index (χ0n) is 6.23. The fourth-order valence-electron chi connectivity index (χ4n) is 1.52. The summed E-state index contributed by atoms with van der Waals surface area (Å²) >= 11 is 3.45. The summed E-state index contributed by atoms with van der Waals surface area (Å²) in [5, 5.41) is 0. The highest BCUT2D eigenvalue weighted by atomic mass is 79.9. The molecule has 0 N–H and O–H groups in total. The van der Waals surface area contributed by atoms with Gasteiger partial charge in [0, 0.05) is 4.47 Å². The monoisotopic (exact) mass is 208 g/mol. The molecule has 1 heteroatoms. The van der Waals surface area contributed by atoms with Crippen LogP contribution in [0.25, 0.3) is 5.57 Å². The summed E-state index contributed by atoms with van der Waals surface area (Å²) in [5.74, 6) is 0. The lowest BCUT2D eigenvalue weighted by Gasteiger charge is -1.98. The average Bonchev–Trinajstić information content (AvgIpc) is 2.33. The molecule has 0 fully saturated rings. The number of rotatable bonds is 0. The van der Waals surface area contributed by atoms with E-state index in [0.717, 1.165) is 10.9 Å². The van der Waals surface area contributed by atoms with E-state index in [0.29, 0.717) is 0 Å². The number of hydrogen-bond acceptors (Lipinski definition) is 0. The first-order chi connectivity index (χ1) is 5.27. The quantitative estimate of drug-likeness (QED) is 0.614. The highest BCUT2D eigenvalue weighted by Crippen LogP contribution is 2.32. The molecule has 2 rings (SSSR count). The van der Waals surface area contributed by atoms with E-state index in [9.17, 15) is 0 Å². The fraction of sp³-hybridized carbons (Fsp3) is 0.200. The van der Waals surface area contributed by atoms with E-state index in [2.05, 4.69) is 40.7 Å². The molecule has 1 aromatic rings. The second-order valence-electron chi connectivity index (χ2n) is 2.91. The molecule has 0 unspecified atom stereocenters. The molecule has 0 aliphatic heterocycles. The Hall–Kier alpha value is -0.560. The second kappa shape index (κ2) is 2.49. The number of benzene rings is 1. The summed E-state index contributed by atoms with van der Waals surface area (Å²) in [6.45, 7) is 4.02. The maximum atomic E-state index is 4.02. The van der Waals surface area contributed by atoms with Crippen LogP contribution in [-0.4, -0.2) is 0 Å². The molecule has 0 saturated carbocycles.